The molecule has 1 aliphatic rings. The molecule has 1 aromatic rings. The van der Waals surface area contributed by atoms with Gasteiger partial charge in [-0.2, -0.15) is 13.2 Å². The fraction of sp³-hybridized carbons (Fsp3) is 0.533. The molecule has 7 heteroatoms. The molecule has 0 radical (unpaired) electrons. The smallest absolute Gasteiger partial charge is 0.338 e. The molecule has 0 saturated heterocycles. The molecule has 2 N–H and O–H groups in total. The van der Waals surface area contributed by atoms with Gasteiger partial charge in [-0.1, -0.05) is 30.9 Å². The van der Waals surface area contributed by atoms with E-state index in [1.54, 1.807) is 0 Å². The van der Waals surface area contributed by atoms with Gasteiger partial charge in [0.25, 0.3) is 0 Å². The molecule has 22 heavy (non-hydrogen) atoms. The number of carbonyl (C=O) groups excluding carboxylic acids is 1. The fourth-order valence-electron chi connectivity index (χ4n) is 2.62. The SMILES string of the molecule is O=C(NCC1CCCCC1)Nc1ccc(Cl)c(C(F)(F)F)c1. The van der Waals surface area contributed by atoms with Gasteiger partial charge in [0.1, 0.15) is 0 Å². The first-order chi connectivity index (χ1) is 10.4. The van der Waals surface area contributed by atoms with Crippen LogP contribution in [0.15, 0.2) is 18.2 Å². The van der Waals surface area contributed by atoms with Crippen LogP contribution in [0.4, 0.5) is 23.7 Å². The van der Waals surface area contributed by atoms with Crippen LogP contribution in [0.5, 0.6) is 0 Å². The molecule has 2 amide bonds. The van der Waals surface area contributed by atoms with Crippen molar-refractivity contribution in [2.75, 3.05) is 11.9 Å². The van der Waals surface area contributed by atoms with Crippen molar-refractivity contribution in [1.29, 1.82) is 0 Å². The van der Waals surface area contributed by atoms with Crippen LogP contribution in [0.3, 0.4) is 0 Å². The normalized spacial score (nSPS) is 16.4. The Morgan fingerprint density at radius 2 is 1.91 bits per heavy atom. The number of urea groups is 1. The Hall–Kier alpha value is -1.43. The van der Waals surface area contributed by atoms with Gasteiger partial charge in [-0.05, 0) is 37.0 Å². The molecular formula is C15H18ClF3N2O. The number of hydrogen-bond donors (Lipinski definition) is 2. The number of halogens is 4. The Labute approximate surface area is 132 Å². The third-order valence-electron chi connectivity index (χ3n) is 3.81. The maximum absolute atomic E-state index is 12.7. The van der Waals surface area contributed by atoms with E-state index in [4.69, 9.17) is 11.6 Å². The number of benzene rings is 1. The summed E-state index contributed by atoms with van der Waals surface area (Å²) in [4.78, 5) is 11.8. The van der Waals surface area contributed by atoms with Crippen LogP contribution in [-0.4, -0.2) is 12.6 Å². The Morgan fingerprint density at radius 3 is 2.55 bits per heavy atom. The molecule has 2 rings (SSSR count). The number of amides is 2. The molecule has 0 spiro atoms. The van der Waals surface area contributed by atoms with Crippen LogP contribution in [0.25, 0.3) is 0 Å². The summed E-state index contributed by atoms with van der Waals surface area (Å²) in [5.41, 5.74) is -0.892. The molecule has 0 aliphatic heterocycles. The second-order valence-corrected chi connectivity index (χ2v) is 5.94. The lowest BCUT2D eigenvalue weighted by Gasteiger charge is -2.21. The van der Waals surface area contributed by atoms with Crippen LogP contribution in [0, 0.1) is 5.92 Å². The third-order valence-corrected chi connectivity index (χ3v) is 4.14. The quantitative estimate of drug-likeness (QED) is 0.797. The number of alkyl halides is 3. The van der Waals surface area contributed by atoms with E-state index in [0.29, 0.717) is 12.5 Å². The molecular weight excluding hydrogens is 317 g/mol. The molecule has 1 aliphatic carbocycles. The maximum atomic E-state index is 12.7. The van der Waals surface area contributed by atoms with Crippen LogP contribution in [0.2, 0.25) is 5.02 Å². The average Bonchev–Trinajstić information content (AvgIpc) is 2.47. The zero-order valence-corrected chi connectivity index (χ0v) is 12.7. The van der Waals surface area contributed by atoms with E-state index in [1.165, 1.54) is 25.3 Å². The van der Waals surface area contributed by atoms with E-state index < -0.39 is 17.8 Å². The Morgan fingerprint density at radius 1 is 1.23 bits per heavy atom. The van der Waals surface area contributed by atoms with Crippen molar-refractivity contribution < 1.29 is 18.0 Å². The Balaban J connectivity index is 1.91. The van der Waals surface area contributed by atoms with E-state index in [-0.39, 0.29) is 10.7 Å². The molecule has 0 bridgehead atoms. The van der Waals surface area contributed by atoms with Crippen molar-refractivity contribution in [2.45, 2.75) is 38.3 Å². The second-order valence-electron chi connectivity index (χ2n) is 5.53. The number of nitrogens with one attached hydrogen (secondary N) is 2. The van der Waals surface area contributed by atoms with Crippen LogP contribution in [-0.2, 0) is 6.18 Å². The number of carbonyl (C=O) groups is 1. The predicted molar refractivity (Wildman–Crippen MR) is 80.1 cm³/mol. The summed E-state index contributed by atoms with van der Waals surface area (Å²) in [5, 5.41) is 4.73. The van der Waals surface area contributed by atoms with Crippen LogP contribution >= 0.6 is 11.6 Å². The van der Waals surface area contributed by atoms with Gasteiger partial charge in [-0.15, -0.1) is 0 Å². The average molecular weight is 335 g/mol. The highest BCUT2D eigenvalue weighted by atomic mass is 35.5. The molecule has 0 heterocycles. The minimum Gasteiger partial charge on any atom is -0.338 e. The Kier molecular flexibility index (Phi) is 5.56. The van der Waals surface area contributed by atoms with Gasteiger partial charge in [0.15, 0.2) is 0 Å². The van der Waals surface area contributed by atoms with Crippen LogP contribution < -0.4 is 10.6 Å². The molecule has 3 nitrogen and oxygen atoms in total. The lowest BCUT2D eigenvalue weighted by atomic mass is 9.89. The number of rotatable bonds is 3. The Bertz CT molecular complexity index is 528. The van der Waals surface area contributed by atoms with E-state index >= 15 is 0 Å². The summed E-state index contributed by atoms with van der Waals surface area (Å²) < 4.78 is 38.2. The van der Waals surface area contributed by atoms with Gasteiger partial charge in [0.05, 0.1) is 10.6 Å². The van der Waals surface area contributed by atoms with E-state index in [9.17, 15) is 18.0 Å². The van der Waals surface area contributed by atoms with Gasteiger partial charge in [0.2, 0.25) is 0 Å². The fourth-order valence-corrected chi connectivity index (χ4v) is 2.85. The van der Waals surface area contributed by atoms with Gasteiger partial charge < -0.3 is 10.6 Å². The molecule has 122 valence electrons. The third kappa shape index (κ3) is 4.80. The molecule has 1 aromatic carbocycles. The van der Waals surface area contributed by atoms with Crippen molar-refractivity contribution in [3.63, 3.8) is 0 Å². The van der Waals surface area contributed by atoms with Crippen molar-refractivity contribution in [1.82, 2.24) is 5.32 Å². The summed E-state index contributed by atoms with van der Waals surface area (Å²) in [6.07, 6.45) is 1.18. The number of anilines is 1. The first-order valence-corrected chi connectivity index (χ1v) is 7.65. The molecule has 1 saturated carbocycles. The number of hydrogen-bond acceptors (Lipinski definition) is 1. The summed E-state index contributed by atoms with van der Waals surface area (Å²) >= 11 is 5.53. The largest absolute Gasteiger partial charge is 0.417 e. The van der Waals surface area contributed by atoms with Gasteiger partial charge in [0, 0.05) is 12.2 Å². The lowest BCUT2D eigenvalue weighted by Crippen LogP contribution is -2.33. The second kappa shape index (κ2) is 7.22. The molecule has 0 atom stereocenters. The van der Waals surface area contributed by atoms with Crippen molar-refractivity contribution in [2.24, 2.45) is 5.92 Å². The predicted octanol–water partition coefficient (Wildman–Crippen LogP) is 5.06. The first-order valence-electron chi connectivity index (χ1n) is 7.28. The summed E-state index contributed by atoms with van der Waals surface area (Å²) in [6.45, 7) is 0.547. The standard InChI is InChI=1S/C15H18ClF3N2O/c16-13-7-6-11(8-12(13)15(17,18)19)21-14(22)20-9-10-4-2-1-3-5-10/h6-8,10H,1-5,9H2,(H2,20,21,22). The monoisotopic (exact) mass is 334 g/mol. The van der Waals surface area contributed by atoms with Gasteiger partial charge >= 0.3 is 12.2 Å². The summed E-state index contributed by atoms with van der Waals surface area (Å²) in [7, 11) is 0. The molecule has 0 unspecified atom stereocenters. The van der Waals surface area contributed by atoms with E-state index in [1.807, 2.05) is 0 Å². The van der Waals surface area contributed by atoms with Gasteiger partial charge in [-0.25, -0.2) is 4.79 Å². The highest BCUT2D eigenvalue weighted by molar-refractivity contribution is 6.31. The lowest BCUT2D eigenvalue weighted by molar-refractivity contribution is -0.137. The van der Waals surface area contributed by atoms with Crippen molar-refractivity contribution in [3.8, 4) is 0 Å². The van der Waals surface area contributed by atoms with Crippen molar-refractivity contribution >= 4 is 23.3 Å². The summed E-state index contributed by atoms with van der Waals surface area (Å²) in [5.74, 6) is 0.454. The highest BCUT2D eigenvalue weighted by Crippen LogP contribution is 2.36. The highest BCUT2D eigenvalue weighted by Gasteiger charge is 2.33. The first kappa shape index (κ1) is 16.9. The zero-order valence-electron chi connectivity index (χ0n) is 12.0. The summed E-state index contributed by atoms with van der Waals surface area (Å²) in [6, 6.07) is 2.81. The van der Waals surface area contributed by atoms with Crippen molar-refractivity contribution in [3.05, 3.63) is 28.8 Å². The molecule has 0 aromatic heterocycles. The molecule has 1 fully saturated rings. The maximum Gasteiger partial charge on any atom is 0.417 e. The van der Waals surface area contributed by atoms with E-state index in [0.717, 1.165) is 25.0 Å². The van der Waals surface area contributed by atoms with Gasteiger partial charge in [-0.3, -0.25) is 0 Å². The van der Waals surface area contributed by atoms with E-state index in [2.05, 4.69) is 10.6 Å². The minimum absolute atomic E-state index is 0.0675. The topological polar surface area (TPSA) is 41.1 Å². The minimum atomic E-state index is -4.55. The van der Waals surface area contributed by atoms with Crippen LogP contribution in [0.1, 0.15) is 37.7 Å². The zero-order chi connectivity index (χ0) is 16.2.